The topological polar surface area (TPSA) is 46.5 Å². The van der Waals surface area contributed by atoms with Crippen LogP contribution in [0.2, 0.25) is 0 Å². The van der Waals surface area contributed by atoms with Crippen LogP contribution >= 0.6 is 0 Å². The Morgan fingerprint density at radius 1 is 1.00 bits per heavy atom. The van der Waals surface area contributed by atoms with Crippen LogP contribution in [-0.4, -0.2) is 17.7 Å². The normalized spacial score (nSPS) is 13.1. The molecule has 1 aliphatic rings. The minimum Gasteiger partial charge on any atom is -0.486 e. The summed E-state index contributed by atoms with van der Waals surface area (Å²) < 4.78 is 60.1. The zero-order chi connectivity index (χ0) is 16.7. The number of carboxylic acid groups (broad SMARTS) is 1. The number of carboxylic acids is 1. The molecule has 0 aliphatic carbocycles. The molecular weight excluding hydrogens is 316 g/mol. The fourth-order valence-electron chi connectivity index (χ4n) is 2.42. The Hall–Kier alpha value is -2.83. The summed E-state index contributed by atoms with van der Waals surface area (Å²) in [6.07, 6.45) is 1.27. The lowest BCUT2D eigenvalue weighted by Crippen LogP contribution is -2.11. The van der Waals surface area contributed by atoms with E-state index in [1.807, 2.05) is 0 Å². The summed E-state index contributed by atoms with van der Waals surface area (Å²) in [5.74, 6) is -6.13. The van der Waals surface area contributed by atoms with Crippen molar-refractivity contribution in [2.24, 2.45) is 0 Å². The van der Waals surface area contributed by atoms with Crippen molar-refractivity contribution in [2.45, 2.75) is 0 Å². The van der Waals surface area contributed by atoms with Crippen molar-refractivity contribution in [3.63, 3.8) is 0 Å². The summed E-state index contributed by atoms with van der Waals surface area (Å²) in [5, 5.41) is 8.99. The number of halogens is 4. The van der Waals surface area contributed by atoms with Crippen LogP contribution in [0.25, 0.3) is 5.57 Å². The Balaban J connectivity index is 2.26. The highest BCUT2D eigenvalue weighted by Gasteiger charge is 2.26. The van der Waals surface area contributed by atoms with Gasteiger partial charge < -0.3 is 9.84 Å². The lowest BCUT2D eigenvalue weighted by Gasteiger charge is -2.20. The molecule has 7 heteroatoms. The molecule has 0 fully saturated rings. The third-order valence-corrected chi connectivity index (χ3v) is 3.37. The second kappa shape index (κ2) is 5.42. The molecule has 3 rings (SSSR count). The summed E-state index contributed by atoms with van der Waals surface area (Å²) >= 11 is 0. The highest BCUT2D eigenvalue weighted by atomic mass is 19.1. The molecule has 2 aromatic rings. The number of ether oxygens (including phenoxy) is 1. The van der Waals surface area contributed by atoms with Crippen molar-refractivity contribution in [1.29, 1.82) is 0 Å². The first-order valence-electron chi connectivity index (χ1n) is 6.43. The van der Waals surface area contributed by atoms with Crippen LogP contribution in [0.4, 0.5) is 17.6 Å². The quantitative estimate of drug-likeness (QED) is 0.856. The van der Waals surface area contributed by atoms with Crippen LogP contribution in [0.5, 0.6) is 5.75 Å². The van der Waals surface area contributed by atoms with Crippen molar-refractivity contribution in [3.05, 3.63) is 70.3 Å². The SMILES string of the molecule is O=C(O)c1cc(F)c2c(c1)C(c1c(F)cc(F)cc1F)=CCO2. The van der Waals surface area contributed by atoms with E-state index in [1.165, 1.54) is 6.08 Å². The Bertz CT molecular complexity index is 836. The predicted molar refractivity (Wildman–Crippen MR) is 72.2 cm³/mol. The third kappa shape index (κ3) is 2.54. The first kappa shape index (κ1) is 15.1. The molecule has 0 spiro atoms. The summed E-state index contributed by atoms with van der Waals surface area (Å²) in [4.78, 5) is 11.0. The van der Waals surface area contributed by atoms with Gasteiger partial charge in [0.05, 0.1) is 11.1 Å². The predicted octanol–water partition coefficient (Wildman–Crippen LogP) is 3.77. The van der Waals surface area contributed by atoms with Gasteiger partial charge in [0.1, 0.15) is 24.1 Å². The molecule has 0 saturated heterocycles. The number of rotatable bonds is 2. The zero-order valence-electron chi connectivity index (χ0n) is 11.4. The number of aromatic carboxylic acids is 1. The Morgan fingerprint density at radius 3 is 2.26 bits per heavy atom. The molecule has 0 aromatic heterocycles. The lowest BCUT2D eigenvalue weighted by molar-refractivity contribution is 0.0696. The number of fused-ring (bicyclic) bond motifs is 1. The maximum atomic E-state index is 14.0. The van der Waals surface area contributed by atoms with Crippen molar-refractivity contribution < 1.29 is 32.2 Å². The summed E-state index contributed by atoms with van der Waals surface area (Å²) in [6.45, 7) is -0.165. The van der Waals surface area contributed by atoms with E-state index in [4.69, 9.17) is 9.84 Å². The van der Waals surface area contributed by atoms with Crippen LogP contribution in [-0.2, 0) is 0 Å². The van der Waals surface area contributed by atoms with Crippen molar-refractivity contribution in [3.8, 4) is 5.75 Å². The third-order valence-electron chi connectivity index (χ3n) is 3.37. The van der Waals surface area contributed by atoms with Gasteiger partial charge in [-0.1, -0.05) is 0 Å². The number of hydrogen-bond acceptors (Lipinski definition) is 2. The molecule has 1 heterocycles. The molecule has 2 aromatic carbocycles. The van der Waals surface area contributed by atoms with Crippen LogP contribution in [0.3, 0.4) is 0 Å². The first-order chi connectivity index (χ1) is 10.9. The number of carbonyl (C=O) groups is 1. The largest absolute Gasteiger partial charge is 0.486 e. The summed E-state index contributed by atoms with van der Waals surface area (Å²) in [6, 6.07) is 2.78. The molecule has 0 saturated carbocycles. The minimum atomic E-state index is -1.41. The van der Waals surface area contributed by atoms with E-state index >= 15 is 0 Å². The van der Waals surface area contributed by atoms with E-state index in [1.54, 1.807) is 0 Å². The van der Waals surface area contributed by atoms with Crippen LogP contribution in [0.15, 0.2) is 30.3 Å². The van der Waals surface area contributed by atoms with Gasteiger partial charge in [0, 0.05) is 17.7 Å². The molecular formula is C16H8F4O3. The van der Waals surface area contributed by atoms with Crippen LogP contribution in [0.1, 0.15) is 21.5 Å². The van der Waals surface area contributed by atoms with Crippen molar-refractivity contribution in [2.75, 3.05) is 6.61 Å². The van der Waals surface area contributed by atoms with E-state index in [2.05, 4.69) is 0 Å². The van der Waals surface area contributed by atoms with E-state index in [9.17, 15) is 22.4 Å². The van der Waals surface area contributed by atoms with Crippen molar-refractivity contribution >= 4 is 11.5 Å². The van der Waals surface area contributed by atoms with Gasteiger partial charge in [0.15, 0.2) is 11.6 Å². The van der Waals surface area contributed by atoms with Gasteiger partial charge in [-0.2, -0.15) is 0 Å². The Labute approximate surface area is 127 Å². The van der Waals surface area contributed by atoms with E-state index < -0.39 is 40.4 Å². The fourth-order valence-corrected chi connectivity index (χ4v) is 2.42. The minimum absolute atomic E-state index is 0.0942. The Morgan fingerprint density at radius 2 is 1.65 bits per heavy atom. The molecule has 0 atom stereocenters. The Kier molecular flexibility index (Phi) is 3.55. The van der Waals surface area contributed by atoms with E-state index in [-0.39, 0.29) is 23.5 Å². The van der Waals surface area contributed by atoms with Crippen LogP contribution < -0.4 is 4.74 Å². The average molecular weight is 324 g/mol. The summed E-state index contributed by atoms with van der Waals surface area (Å²) in [7, 11) is 0. The fraction of sp³-hybridized carbons (Fsp3) is 0.0625. The molecule has 3 nitrogen and oxygen atoms in total. The molecule has 0 amide bonds. The number of benzene rings is 2. The van der Waals surface area contributed by atoms with Gasteiger partial charge in [-0.25, -0.2) is 22.4 Å². The monoisotopic (exact) mass is 324 g/mol. The first-order valence-corrected chi connectivity index (χ1v) is 6.43. The van der Waals surface area contributed by atoms with Gasteiger partial charge in [0.25, 0.3) is 0 Å². The number of hydrogen-bond donors (Lipinski definition) is 1. The van der Waals surface area contributed by atoms with E-state index in [0.29, 0.717) is 12.1 Å². The molecule has 118 valence electrons. The lowest BCUT2D eigenvalue weighted by atomic mass is 9.93. The van der Waals surface area contributed by atoms with Gasteiger partial charge in [-0.15, -0.1) is 0 Å². The molecule has 0 unspecified atom stereocenters. The highest BCUT2D eigenvalue weighted by Crippen LogP contribution is 2.38. The van der Waals surface area contributed by atoms with Gasteiger partial charge >= 0.3 is 5.97 Å². The van der Waals surface area contributed by atoms with Crippen molar-refractivity contribution in [1.82, 2.24) is 0 Å². The van der Waals surface area contributed by atoms with Crippen LogP contribution in [0, 0.1) is 23.3 Å². The van der Waals surface area contributed by atoms with Gasteiger partial charge in [0.2, 0.25) is 0 Å². The second-order valence-corrected chi connectivity index (χ2v) is 4.81. The maximum Gasteiger partial charge on any atom is 0.335 e. The highest BCUT2D eigenvalue weighted by molar-refractivity contribution is 5.92. The maximum absolute atomic E-state index is 14.0. The molecule has 23 heavy (non-hydrogen) atoms. The van der Waals surface area contributed by atoms with E-state index in [0.717, 1.165) is 12.1 Å². The summed E-state index contributed by atoms with van der Waals surface area (Å²) in [5.41, 5.74) is -1.18. The molecule has 0 bridgehead atoms. The van der Waals surface area contributed by atoms with Gasteiger partial charge in [-0.3, -0.25) is 0 Å². The second-order valence-electron chi connectivity index (χ2n) is 4.81. The molecule has 1 N–H and O–H groups in total. The molecule has 0 radical (unpaired) electrons. The smallest absolute Gasteiger partial charge is 0.335 e. The average Bonchev–Trinajstić information content (AvgIpc) is 2.46. The standard InChI is InChI=1S/C16H8F4O3/c17-8-5-11(18)14(12(19)6-8)9-1-2-23-15-10(9)3-7(16(21)22)4-13(15)20/h1,3-6H,2H2,(H,21,22). The van der Waals surface area contributed by atoms with Gasteiger partial charge in [-0.05, 0) is 23.8 Å². The zero-order valence-corrected chi connectivity index (χ0v) is 11.4. The molecule has 1 aliphatic heterocycles.